The Morgan fingerprint density at radius 1 is 1.71 bits per heavy atom. The quantitative estimate of drug-likeness (QED) is 0.636. The van der Waals surface area contributed by atoms with Gasteiger partial charge in [0.2, 0.25) is 0 Å². The highest BCUT2D eigenvalue weighted by atomic mass is 32.2. The second-order valence-electron chi connectivity index (χ2n) is 3.50. The number of aromatic nitrogens is 1. The van der Waals surface area contributed by atoms with Crippen LogP contribution in [0.5, 0.6) is 0 Å². The first-order valence-electron chi connectivity index (χ1n) is 4.24. The van der Waals surface area contributed by atoms with Crippen LogP contribution in [-0.2, 0) is 10.4 Å². The number of thioether (sulfide) groups is 1. The zero-order chi connectivity index (χ0) is 10.8. The maximum absolute atomic E-state index is 10.4. The van der Waals surface area contributed by atoms with E-state index in [4.69, 9.17) is 0 Å². The van der Waals surface area contributed by atoms with E-state index in [0.717, 1.165) is 10.5 Å². The number of thiazole rings is 1. The predicted molar refractivity (Wildman–Crippen MR) is 58.7 cm³/mol. The van der Waals surface area contributed by atoms with Gasteiger partial charge in [-0.25, -0.2) is 4.98 Å². The Labute approximate surface area is 91.6 Å². The highest BCUT2D eigenvalue weighted by Crippen LogP contribution is 2.32. The smallest absolute Gasteiger partial charge is 0.133 e. The van der Waals surface area contributed by atoms with Crippen molar-refractivity contribution in [3.05, 3.63) is 11.2 Å². The van der Waals surface area contributed by atoms with Crippen LogP contribution in [0.1, 0.15) is 25.8 Å². The van der Waals surface area contributed by atoms with Crippen molar-refractivity contribution in [2.24, 2.45) is 0 Å². The van der Waals surface area contributed by atoms with Crippen LogP contribution in [0.3, 0.4) is 0 Å². The summed E-state index contributed by atoms with van der Waals surface area (Å²) in [6, 6.07) is 0. The first-order chi connectivity index (χ1) is 6.43. The Balaban J connectivity index is 2.73. The van der Waals surface area contributed by atoms with E-state index in [9.17, 15) is 9.90 Å². The van der Waals surface area contributed by atoms with Crippen molar-refractivity contribution < 1.29 is 9.90 Å². The zero-order valence-corrected chi connectivity index (χ0v) is 9.98. The monoisotopic (exact) mass is 231 g/mol. The van der Waals surface area contributed by atoms with Gasteiger partial charge in [0.15, 0.2) is 0 Å². The van der Waals surface area contributed by atoms with Crippen molar-refractivity contribution in [2.45, 2.75) is 35.8 Å². The van der Waals surface area contributed by atoms with Crippen LogP contribution in [0.4, 0.5) is 0 Å². The number of hydrogen-bond donors (Lipinski definition) is 1. The van der Waals surface area contributed by atoms with Gasteiger partial charge in [0, 0.05) is 0 Å². The number of carbonyl (C=O) groups excluding carboxylic acids is 1. The summed E-state index contributed by atoms with van der Waals surface area (Å²) < 4.78 is 0.960. The molecule has 5 heteroatoms. The fraction of sp³-hybridized carbons (Fsp3) is 0.556. The first kappa shape index (κ1) is 11.7. The fourth-order valence-electron chi connectivity index (χ4n) is 0.808. The van der Waals surface area contributed by atoms with E-state index in [1.807, 2.05) is 6.92 Å². The van der Waals surface area contributed by atoms with E-state index in [1.54, 1.807) is 20.0 Å². The molecule has 0 saturated heterocycles. The molecule has 3 nitrogen and oxygen atoms in total. The van der Waals surface area contributed by atoms with Crippen LogP contribution in [0.25, 0.3) is 0 Å². The molecule has 1 rings (SSSR count). The van der Waals surface area contributed by atoms with Crippen molar-refractivity contribution in [1.29, 1.82) is 0 Å². The number of rotatable bonds is 4. The molecule has 1 aromatic heterocycles. The molecule has 1 aromatic rings. The minimum Gasteiger partial charge on any atom is -0.383 e. The Kier molecular flexibility index (Phi) is 3.69. The van der Waals surface area contributed by atoms with Crippen LogP contribution >= 0.6 is 23.1 Å². The lowest BCUT2D eigenvalue weighted by molar-refractivity contribution is -0.107. The van der Waals surface area contributed by atoms with E-state index in [2.05, 4.69) is 4.98 Å². The van der Waals surface area contributed by atoms with Crippen LogP contribution < -0.4 is 0 Å². The second-order valence-corrected chi connectivity index (χ2v) is 6.21. The van der Waals surface area contributed by atoms with E-state index < -0.39 is 5.60 Å². The molecule has 0 amide bonds. The molecular weight excluding hydrogens is 218 g/mol. The van der Waals surface area contributed by atoms with Gasteiger partial charge < -0.3 is 9.90 Å². The van der Waals surface area contributed by atoms with E-state index in [0.29, 0.717) is 5.01 Å². The summed E-state index contributed by atoms with van der Waals surface area (Å²) in [5, 5.41) is 10.3. The van der Waals surface area contributed by atoms with Gasteiger partial charge in [-0.05, 0) is 20.8 Å². The lowest BCUT2D eigenvalue weighted by Gasteiger charge is -2.12. The summed E-state index contributed by atoms with van der Waals surface area (Å²) in [6.07, 6.45) is 2.59. The highest BCUT2D eigenvalue weighted by Gasteiger charge is 2.20. The lowest BCUT2D eigenvalue weighted by atomic mass is 10.2. The molecular formula is C9H13NO2S2. The molecule has 0 aliphatic carbocycles. The predicted octanol–water partition coefficient (Wildman–Crippen LogP) is 2.05. The minimum atomic E-state index is -0.895. The number of carbonyl (C=O) groups is 1. The van der Waals surface area contributed by atoms with Crippen LogP contribution in [0.2, 0.25) is 0 Å². The first-order valence-corrected chi connectivity index (χ1v) is 5.93. The average molecular weight is 231 g/mol. The molecule has 0 bridgehead atoms. The highest BCUT2D eigenvalue weighted by molar-refractivity contribution is 8.02. The molecule has 1 atom stereocenters. The molecule has 1 heterocycles. The molecule has 0 spiro atoms. The Bertz CT molecular complexity index is 317. The van der Waals surface area contributed by atoms with Crippen LogP contribution in [0, 0.1) is 0 Å². The third-order valence-corrected chi connectivity index (χ3v) is 3.97. The second kappa shape index (κ2) is 4.42. The number of aliphatic hydroxyl groups is 1. The number of aldehydes is 1. The molecule has 0 radical (unpaired) electrons. The van der Waals surface area contributed by atoms with Crippen molar-refractivity contribution >= 4 is 29.4 Å². The molecule has 0 aliphatic heterocycles. The summed E-state index contributed by atoms with van der Waals surface area (Å²) in [7, 11) is 0. The van der Waals surface area contributed by atoms with Crippen LogP contribution in [-0.4, -0.2) is 21.6 Å². The van der Waals surface area contributed by atoms with Gasteiger partial charge in [-0.2, -0.15) is 0 Å². The maximum atomic E-state index is 10.4. The van der Waals surface area contributed by atoms with Crippen molar-refractivity contribution in [1.82, 2.24) is 4.98 Å². The largest absolute Gasteiger partial charge is 0.383 e. The van der Waals surface area contributed by atoms with Gasteiger partial charge in [-0.3, -0.25) is 0 Å². The topological polar surface area (TPSA) is 50.2 Å². The zero-order valence-electron chi connectivity index (χ0n) is 8.35. The summed E-state index contributed by atoms with van der Waals surface area (Å²) in [5.41, 5.74) is -0.895. The Hall–Kier alpha value is -0.390. The van der Waals surface area contributed by atoms with Crippen LogP contribution in [0.15, 0.2) is 10.4 Å². The number of hydrogen-bond acceptors (Lipinski definition) is 5. The summed E-state index contributed by atoms with van der Waals surface area (Å²) >= 11 is 2.88. The van der Waals surface area contributed by atoms with E-state index in [-0.39, 0.29) is 5.25 Å². The molecule has 0 fully saturated rings. The molecule has 0 aromatic carbocycles. The third-order valence-electron chi connectivity index (χ3n) is 1.50. The number of nitrogens with zero attached hydrogens (tertiary/aromatic N) is 1. The standard InChI is InChI=1S/C9H13NO2S2/c1-6(5-11)13-7-4-10-8(14-7)9(2,3)12/h4-6,12H,1-3H3. The maximum Gasteiger partial charge on any atom is 0.133 e. The van der Waals surface area contributed by atoms with E-state index >= 15 is 0 Å². The van der Waals surface area contributed by atoms with Gasteiger partial charge in [-0.15, -0.1) is 23.1 Å². The fourth-order valence-corrected chi connectivity index (χ4v) is 2.88. The third kappa shape index (κ3) is 3.08. The van der Waals surface area contributed by atoms with Gasteiger partial charge in [0.05, 0.1) is 15.7 Å². The minimum absolute atomic E-state index is 0.0647. The molecule has 14 heavy (non-hydrogen) atoms. The van der Waals surface area contributed by atoms with Gasteiger partial charge in [-0.1, -0.05) is 0 Å². The normalized spacial score (nSPS) is 14.0. The average Bonchev–Trinajstić information content (AvgIpc) is 2.51. The van der Waals surface area contributed by atoms with Crippen molar-refractivity contribution in [2.75, 3.05) is 0 Å². The van der Waals surface area contributed by atoms with Crippen molar-refractivity contribution in [3.8, 4) is 0 Å². The summed E-state index contributed by atoms with van der Waals surface area (Å²) in [6.45, 7) is 5.23. The SMILES string of the molecule is CC(C=O)Sc1cnc(C(C)(C)O)s1. The molecule has 0 aliphatic rings. The molecule has 0 saturated carbocycles. The van der Waals surface area contributed by atoms with Crippen molar-refractivity contribution in [3.63, 3.8) is 0 Å². The Morgan fingerprint density at radius 3 is 2.79 bits per heavy atom. The van der Waals surface area contributed by atoms with Gasteiger partial charge in [0.1, 0.15) is 16.9 Å². The van der Waals surface area contributed by atoms with E-state index in [1.165, 1.54) is 23.1 Å². The summed E-state index contributed by atoms with van der Waals surface area (Å²) in [5.74, 6) is 0. The van der Waals surface area contributed by atoms with Gasteiger partial charge >= 0.3 is 0 Å². The van der Waals surface area contributed by atoms with Gasteiger partial charge in [0.25, 0.3) is 0 Å². The molecule has 78 valence electrons. The molecule has 1 unspecified atom stereocenters. The summed E-state index contributed by atoms with van der Waals surface area (Å²) in [4.78, 5) is 14.5. The Morgan fingerprint density at radius 2 is 2.36 bits per heavy atom. The molecule has 1 N–H and O–H groups in total. The lowest BCUT2D eigenvalue weighted by Crippen LogP contribution is -2.14.